The second kappa shape index (κ2) is 7.52. The number of para-hydroxylation sites is 1. The van der Waals surface area contributed by atoms with Crippen LogP contribution in [-0.4, -0.2) is 37.5 Å². The highest BCUT2D eigenvalue weighted by Gasteiger charge is 2.38. The van der Waals surface area contributed by atoms with Gasteiger partial charge in [0.25, 0.3) is 11.7 Å². The molecular weight excluding hydrogens is 461 g/mol. The average Bonchev–Trinajstić information content (AvgIpc) is 3.42. The van der Waals surface area contributed by atoms with Gasteiger partial charge in [0.2, 0.25) is 5.78 Å². The first-order valence-electron chi connectivity index (χ1n) is 9.04. The fourth-order valence-electron chi connectivity index (χ4n) is 3.35. The van der Waals surface area contributed by atoms with Gasteiger partial charge in [0, 0.05) is 5.02 Å². The van der Waals surface area contributed by atoms with E-state index < -0.39 is 11.7 Å². The van der Waals surface area contributed by atoms with Crippen LogP contribution in [0.15, 0.2) is 42.6 Å². The molecule has 0 fully saturated rings. The molecule has 0 saturated heterocycles. The van der Waals surface area contributed by atoms with Crippen molar-refractivity contribution >= 4 is 67.9 Å². The van der Waals surface area contributed by atoms with Crippen LogP contribution >= 0.6 is 34.5 Å². The number of carbonyl (C=O) groups is 3. The van der Waals surface area contributed by atoms with Crippen molar-refractivity contribution in [3.8, 4) is 0 Å². The van der Waals surface area contributed by atoms with Gasteiger partial charge in [-0.05, 0) is 24.3 Å². The molecule has 1 aliphatic rings. The third-order valence-electron chi connectivity index (χ3n) is 4.74. The van der Waals surface area contributed by atoms with Crippen LogP contribution in [0.2, 0.25) is 10.0 Å². The first-order chi connectivity index (χ1) is 14.9. The fraction of sp³-hybridized carbons (Fsp3) is 0.100. The number of amides is 1. The molecule has 0 N–H and O–H groups in total. The number of Topliss-reactive ketones (excluding diaryl/α,β-unsaturated/α-hetero) is 2. The molecule has 2 aromatic carbocycles. The highest BCUT2D eigenvalue weighted by atomic mass is 35.5. The Morgan fingerprint density at radius 2 is 1.94 bits per heavy atom. The molecule has 0 radical (unpaired) electrons. The van der Waals surface area contributed by atoms with Crippen LogP contribution < -0.4 is 4.90 Å². The molecule has 0 atom stereocenters. The molecule has 1 aliphatic heterocycles. The normalized spacial score (nSPS) is 13.3. The first kappa shape index (κ1) is 19.8. The summed E-state index contributed by atoms with van der Waals surface area (Å²) in [6, 6.07) is 10.4. The fourth-order valence-corrected chi connectivity index (χ4v) is 4.81. The van der Waals surface area contributed by atoms with Gasteiger partial charge in [-0.15, -0.1) is 16.4 Å². The number of benzene rings is 2. The summed E-state index contributed by atoms with van der Waals surface area (Å²) in [6.07, 6.45) is 1.55. The van der Waals surface area contributed by atoms with E-state index in [-0.39, 0.29) is 29.5 Å². The third kappa shape index (κ3) is 3.50. The molecular formula is C20H11Cl2N5O3S. The van der Waals surface area contributed by atoms with Crippen LogP contribution in [0.5, 0.6) is 0 Å². The third-order valence-corrected chi connectivity index (χ3v) is 6.33. The van der Waals surface area contributed by atoms with Crippen LogP contribution in [0.1, 0.15) is 25.9 Å². The number of nitrogens with zero attached hydrogens (tertiary/aromatic N) is 5. The summed E-state index contributed by atoms with van der Waals surface area (Å²) in [5, 5.41) is 8.79. The largest absolute Gasteiger partial charge is 0.299 e. The predicted molar refractivity (Wildman–Crippen MR) is 116 cm³/mol. The summed E-state index contributed by atoms with van der Waals surface area (Å²) in [4.78, 5) is 42.9. The summed E-state index contributed by atoms with van der Waals surface area (Å²) in [5.74, 6) is -1.62. The van der Waals surface area contributed by atoms with Gasteiger partial charge in [-0.1, -0.05) is 40.5 Å². The maximum absolute atomic E-state index is 12.6. The van der Waals surface area contributed by atoms with Crippen LogP contribution in [0.25, 0.3) is 10.2 Å². The Balaban J connectivity index is 1.35. The monoisotopic (exact) mass is 471 g/mol. The Hall–Kier alpha value is -3.14. The van der Waals surface area contributed by atoms with Crippen molar-refractivity contribution in [2.24, 2.45) is 0 Å². The SMILES string of the molecule is O=C(Cn1cc(CN2C(=O)C(=O)c3c(Cl)cc(Cl)cc32)nn1)c1nc2ccccc2s1. The highest BCUT2D eigenvalue weighted by molar-refractivity contribution is 7.20. The Labute approximate surface area is 189 Å². The zero-order valence-electron chi connectivity index (χ0n) is 15.6. The molecule has 8 nitrogen and oxygen atoms in total. The molecule has 154 valence electrons. The number of fused-ring (bicyclic) bond motifs is 2. The van der Waals surface area contributed by atoms with E-state index in [2.05, 4.69) is 15.3 Å². The Bertz CT molecular complexity index is 1360. The van der Waals surface area contributed by atoms with Gasteiger partial charge in [-0.3, -0.25) is 19.3 Å². The number of aromatic nitrogens is 4. The molecule has 0 bridgehead atoms. The number of hydrogen-bond acceptors (Lipinski definition) is 7. The molecule has 0 saturated carbocycles. The van der Waals surface area contributed by atoms with Gasteiger partial charge in [0.15, 0.2) is 5.01 Å². The molecule has 5 rings (SSSR count). The van der Waals surface area contributed by atoms with Crippen molar-refractivity contribution in [2.75, 3.05) is 4.90 Å². The average molecular weight is 472 g/mol. The van der Waals surface area contributed by atoms with E-state index in [0.717, 1.165) is 10.2 Å². The second-order valence-electron chi connectivity index (χ2n) is 6.82. The van der Waals surface area contributed by atoms with Gasteiger partial charge in [0.1, 0.15) is 12.2 Å². The van der Waals surface area contributed by atoms with Gasteiger partial charge in [0.05, 0.1) is 39.2 Å². The Morgan fingerprint density at radius 3 is 2.74 bits per heavy atom. The van der Waals surface area contributed by atoms with Gasteiger partial charge in [-0.2, -0.15) is 0 Å². The minimum absolute atomic E-state index is 0.0103. The van der Waals surface area contributed by atoms with Gasteiger partial charge >= 0.3 is 0 Å². The Kier molecular flexibility index (Phi) is 4.81. The quantitative estimate of drug-likeness (QED) is 0.324. The first-order valence-corrected chi connectivity index (χ1v) is 10.6. The number of hydrogen-bond donors (Lipinski definition) is 0. The van der Waals surface area contributed by atoms with Crippen molar-refractivity contribution in [1.29, 1.82) is 0 Å². The van der Waals surface area contributed by atoms with Crippen molar-refractivity contribution in [1.82, 2.24) is 20.0 Å². The minimum atomic E-state index is -0.723. The van der Waals surface area contributed by atoms with E-state index in [1.807, 2.05) is 24.3 Å². The van der Waals surface area contributed by atoms with Crippen LogP contribution in [0.3, 0.4) is 0 Å². The lowest BCUT2D eigenvalue weighted by Gasteiger charge is -2.15. The number of thiazole rings is 1. The summed E-state index contributed by atoms with van der Waals surface area (Å²) in [7, 11) is 0. The standard InChI is InChI=1S/C20H11Cl2N5O3S/c21-10-5-12(22)17-14(6-10)27(20(30)18(17)29)8-11-7-26(25-24-11)9-15(28)19-23-13-3-1-2-4-16(13)31-19/h1-7H,8-9H2. The van der Waals surface area contributed by atoms with Gasteiger partial charge < -0.3 is 0 Å². The predicted octanol–water partition coefficient (Wildman–Crippen LogP) is 3.81. The van der Waals surface area contributed by atoms with E-state index in [9.17, 15) is 14.4 Å². The number of halogens is 2. The molecule has 31 heavy (non-hydrogen) atoms. The van der Waals surface area contributed by atoms with Crippen molar-refractivity contribution in [3.63, 3.8) is 0 Å². The van der Waals surface area contributed by atoms with E-state index >= 15 is 0 Å². The summed E-state index contributed by atoms with van der Waals surface area (Å²) >= 11 is 13.4. The van der Waals surface area contributed by atoms with Crippen molar-refractivity contribution in [2.45, 2.75) is 13.1 Å². The lowest BCUT2D eigenvalue weighted by Crippen LogP contribution is -2.29. The topological polar surface area (TPSA) is 98.1 Å². The smallest absolute Gasteiger partial charge is 0.299 e. The summed E-state index contributed by atoms with van der Waals surface area (Å²) in [5.41, 5.74) is 1.62. The van der Waals surface area contributed by atoms with E-state index in [1.165, 1.54) is 33.1 Å². The number of anilines is 1. The number of rotatable bonds is 5. The lowest BCUT2D eigenvalue weighted by molar-refractivity contribution is -0.114. The van der Waals surface area contributed by atoms with E-state index in [4.69, 9.17) is 23.2 Å². The van der Waals surface area contributed by atoms with Gasteiger partial charge in [-0.25, -0.2) is 9.67 Å². The number of ketones is 2. The molecule has 2 aromatic heterocycles. The van der Waals surface area contributed by atoms with Crippen molar-refractivity contribution < 1.29 is 14.4 Å². The molecule has 1 amide bonds. The second-order valence-corrected chi connectivity index (χ2v) is 8.69. The maximum Gasteiger partial charge on any atom is 0.299 e. The van der Waals surface area contributed by atoms with Crippen molar-refractivity contribution in [3.05, 3.63) is 68.9 Å². The highest BCUT2D eigenvalue weighted by Crippen LogP contribution is 2.37. The molecule has 0 spiro atoms. The molecule has 11 heteroatoms. The molecule has 0 unspecified atom stereocenters. The van der Waals surface area contributed by atoms with Crippen LogP contribution in [-0.2, 0) is 17.9 Å². The lowest BCUT2D eigenvalue weighted by atomic mass is 10.1. The molecule has 0 aliphatic carbocycles. The molecule has 3 heterocycles. The minimum Gasteiger partial charge on any atom is -0.299 e. The summed E-state index contributed by atoms with van der Waals surface area (Å²) in [6.45, 7) is -0.0580. The number of carbonyl (C=O) groups excluding carboxylic acids is 3. The van der Waals surface area contributed by atoms with E-state index in [1.54, 1.807) is 6.20 Å². The summed E-state index contributed by atoms with van der Waals surface area (Å²) < 4.78 is 2.30. The molecule has 4 aromatic rings. The van der Waals surface area contributed by atoms with E-state index in [0.29, 0.717) is 21.4 Å². The zero-order valence-corrected chi connectivity index (χ0v) is 17.9. The van der Waals surface area contributed by atoms with Crippen LogP contribution in [0, 0.1) is 0 Å². The van der Waals surface area contributed by atoms with Crippen LogP contribution in [0.4, 0.5) is 5.69 Å². The zero-order chi connectivity index (χ0) is 21.7. The Morgan fingerprint density at radius 1 is 1.13 bits per heavy atom. The maximum atomic E-state index is 12.6.